The molecule has 0 radical (unpaired) electrons. The van der Waals surface area contributed by atoms with E-state index >= 15 is 0 Å². The van der Waals surface area contributed by atoms with Gasteiger partial charge in [-0.2, -0.15) is 24.7 Å². The summed E-state index contributed by atoms with van der Waals surface area (Å²) in [5.74, 6) is 1.27. The molecule has 0 aliphatic rings. The van der Waals surface area contributed by atoms with Gasteiger partial charge in [-0.05, 0) is 6.42 Å². The summed E-state index contributed by atoms with van der Waals surface area (Å²) >= 11 is 0. The predicted molar refractivity (Wildman–Crippen MR) is 75.3 cm³/mol. The van der Waals surface area contributed by atoms with E-state index in [-0.39, 0.29) is 6.61 Å². The Balaban J connectivity index is 1.94. The first-order valence-electron chi connectivity index (χ1n) is 6.55. The lowest BCUT2D eigenvalue weighted by molar-refractivity contribution is 0.0921. The molecule has 2 rings (SSSR count). The number of nitrogens with one attached hydrogen (secondary N) is 2. The molecule has 0 saturated carbocycles. The Morgan fingerprint density at radius 1 is 1.24 bits per heavy atom. The quantitative estimate of drug-likeness (QED) is 0.515. The minimum Gasteiger partial charge on any atom is -0.394 e. The van der Waals surface area contributed by atoms with Crippen molar-refractivity contribution in [2.45, 2.75) is 6.42 Å². The topological polar surface area (TPSA) is 123 Å². The Bertz CT molecular complexity index is 533. The highest BCUT2D eigenvalue weighted by Gasteiger charge is 2.07. The van der Waals surface area contributed by atoms with Crippen LogP contribution in [0.3, 0.4) is 0 Å². The Labute approximate surface area is 121 Å². The minimum atomic E-state index is 0.0354. The molecule has 2 aromatic heterocycles. The predicted octanol–water partition coefficient (Wildman–Crippen LogP) is -0.695. The summed E-state index contributed by atoms with van der Waals surface area (Å²) in [6.45, 7) is 1.60. The molecule has 0 fully saturated rings. The minimum absolute atomic E-state index is 0.0354. The molecule has 114 valence electrons. The van der Waals surface area contributed by atoms with Crippen molar-refractivity contribution in [1.82, 2.24) is 29.7 Å². The highest BCUT2D eigenvalue weighted by Crippen LogP contribution is 2.07. The molecule has 0 spiro atoms. The van der Waals surface area contributed by atoms with Crippen molar-refractivity contribution in [2.75, 3.05) is 44.0 Å². The molecule has 2 aromatic rings. The molecule has 0 atom stereocenters. The summed E-state index contributed by atoms with van der Waals surface area (Å²) in [6, 6.07) is 0. The Kier molecular flexibility index (Phi) is 5.79. The SMILES string of the molecule is CNc1nc(NCCCOCCO)nc(-n2cncn2)n1. The van der Waals surface area contributed by atoms with Crippen LogP contribution in [-0.4, -0.2) is 68.2 Å². The highest BCUT2D eigenvalue weighted by molar-refractivity contribution is 5.37. The molecule has 10 heteroatoms. The molecule has 10 nitrogen and oxygen atoms in total. The number of nitrogens with zero attached hydrogens (tertiary/aromatic N) is 6. The summed E-state index contributed by atoms with van der Waals surface area (Å²) in [5, 5.41) is 18.5. The van der Waals surface area contributed by atoms with Crippen LogP contribution in [-0.2, 0) is 4.74 Å². The van der Waals surface area contributed by atoms with Crippen LogP contribution in [0, 0.1) is 0 Å². The average molecular weight is 294 g/mol. The smallest absolute Gasteiger partial charge is 0.258 e. The van der Waals surface area contributed by atoms with Crippen molar-refractivity contribution < 1.29 is 9.84 Å². The van der Waals surface area contributed by atoms with E-state index in [1.807, 2.05) is 0 Å². The number of hydrogen-bond acceptors (Lipinski definition) is 9. The molecular weight excluding hydrogens is 276 g/mol. The summed E-state index contributed by atoms with van der Waals surface area (Å²) in [4.78, 5) is 16.5. The Morgan fingerprint density at radius 3 is 2.81 bits per heavy atom. The third-order valence-electron chi connectivity index (χ3n) is 2.46. The highest BCUT2D eigenvalue weighted by atomic mass is 16.5. The van der Waals surface area contributed by atoms with Crippen LogP contribution in [0.4, 0.5) is 11.9 Å². The molecule has 0 saturated heterocycles. The van der Waals surface area contributed by atoms with Crippen molar-refractivity contribution in [2.24, 2.45) is 0 Å². The first-order chi connectivity index (χ1) is 10.3. The average Bonchev–Trinajstić information content (AvgIpc) is 3.05. The fraction of sp³-hybridized carbons (Fsp3) is 0.545. The largest absolute Gasteiger partial charge is 0.394 e. The molecule has 2 heterocycles. The lowest BCUT2D eigenvalue weighted by atomic mass is 10.4. The molecule has 0 aromatic carbocycles. The number of aromatic nitrogens is 6. The van der Waals surface area contributed by atoms with Crippen molar-refractivity contribution in [3.8, 4) is 5.95 Å². The summed E-state index contributed by atoms with van der Waals surface area (Å²) < 4.78 is 6.63. The van der Waals surface area contributed by atoms with E-state index in [1.54, 1.807) is 7.05 Å². The fourth-order valence-corrected chi connectivity index (χ4v) is 1.51. The van der Waals surface area contributed by atoms with Crippen LogP contribution in [0.15, 0.2) is 12.7 Å². The van der Waals surface area contributed by atoms with Gasteiger partial charge >= 0.3 is 0 Å². The van der Waals surface area contributed by atoms with Crippen LogP contribution < -0.4 is 10.6 Å². The van der Waals surface area contributed by atoms with Crippen LogP contribution in [0.1, 0.15) is 6.42 Å². The second-order valence-corrected chi connectivity index (χ2v) is 3.99. The van der Waals surface area contributed by atoms with Gasteiger partial charge in [0, 0.05) is 20.2 Å². The number of anilines is 2. The fourth-order valence-electron chi connectivity index (χ4n) is 1.51. The number of aliphatic hydroxyl groups excluding tert-OH is 1. The molecule has 0 unspecified atom stereocenters. The van der Waals surface area contributed by atoms with Crippen LogP contribution >= 0.6 is 0 Å². The maximum atomic E-state index is 8.59. The normalized spacial score (nSPS) is 10.6. The van der Waals surface area contributed by atoms with Crippen molar-refractivity contribution in [3.63, 3.8) is 0 Å². The van der Waals surface area contributed by atoms with Gasteiger partial charge in [-0.15, -0.1) is 0 Å². The third-order valence-corrected chi connectivity index (χ3v) is 2.46. The summed E-state index contributed by atoms with van der Waals surface area (Å²) in [6.07, 6.45) is 3.70. The van der Waals surface area contributed by atoms with Gasteiger partial charge in [0.25, 0.3) is 5.95 Å². The van der Waals surface area contributed by atoms with Gasteiger partial charge < -0.3 is 20.5 Å². The van der Waals surface area contributed by atoms with Gasteiger partial charge in [-0.1, -0.05) is 0 Å². The molecular formula is C11H18N8O2. The summed E-state index contributed by atoms with van der Waals surface area (Å²) in [7, 11) is 1.73. The van der Waals surface area contributed by atoms with Crippen LogP contribution in [0.5, 0.6) is 0 Å². The van der Waals surface area contributed by atoms with Gasteiger partial charge in [0.2, 0.25) is 11.9 Å². The van der Waals surface area contributed by atoms with E-state index in [9.17, 15) is 0 Å². The second kappa shape index (κ2) is 8.07. The number of aliphatic hydroxyl groups is 1. The molecule has 0 amide bonds. The maximum Gasteiger partial charge on any atom is 0.258 e. The second-order valence-electron chi connectivity index (χ2n) is 3.99. The van der Waals surface area contributed by atoms with Crippen molar-refractivity contribution in [3.05, 3.63) is 12.7 Å². The van der Waals surface area contributed by atoms with Crippen LogP contribution in [0.25, 0.3) is 5.95 Å². The zero-order valence-electron chi connectivity index (χ0n) is 11.7. The van der Waals surface area contributed by atoms with Gasteiger partial charge in [-0.3, -0.25) is 0 Å². The maximum absolute atomic E-state index is 8.59. The molecule has 21 heavy (non-hydrogen) atoms. The molecule has 0 bridgehead atoms. The van der Waals surface area contributed by atoms with E-state index in [0.29, 0.717) is 37.6 Å². The third kappa shape index (κ3) is 4.61. The summed E-state index contributed by atoms with van der Waals surface area (Å²) in [5.41, 5.74) is 0. The van der Waals surface area contributed by atoms with Gasteiger partial charge in [0.05, 0.1) is 13.2 Å². The van der Waals surface area contributed by atoms with Gasteiger partial charge in [0.15, 0.2) is 0 Å². The lowest BCUT2D eigenvalue weighted by Crippen LogP contribution is -2.13. The van der Waals surface area contributed by atoms with E-state index in [2.05, 4.69) is 35.7 Å². The number of hydrogen-bond donors (Lipinski definition) is 3. The van der Waals surface area contributed by atoms with E-state index in [4.69, 9.17) is 9.84 Å². The van der Waals surface area contributed by atoms with E-state index < -0.39 is 0 Å². The zero-order chi connectivity index (χ0) is 14.9. The molecule has 0 aliphatic carbocycles. The molecule has 3 N–H and O–H groups in total. The van der Waals surface area contributed by atoms with Crippen LogP contribution in [0.2, 0.25) is 0 Å². The number of ether oxygens (including phenoxy) is 1. The van der Waals surface area contributed by atoms with Gasteiger partial charge in [0.1, 0.15) is 12.7 Å². The lowest BCUT2D eigenvalue weighted by Gasteiger charge is -2.08. The van der Waals surface area contributed by atoms with Crippen molar-refractivity contribution >= 4 is 11.9 Å². The first kappa shape index (κ1) is 15.1. The zero-order valence-corrected chi connectivity index (χ0v) is 11.7. The van der Waals surface area contributed by atoms with Gasteiger partial charge in [-0.25, -0.2) is 4.98 Å². The monoisotopic (exact) mass is 294 g/mol. The Hall–Kier alpha value is -2.33. The van der Waals surface area contributed by atoms with E-state index in [1.165, 1.54) is 17.3 Å². The number of rotatable bonds is 9. The Morgan fingerprint density at radius 2 is 2.10 bits per heavy atom. The molecule has 0 aliphatic heterocycles. The van der Waals surface area contributed by atoms with E-state index in [0.717, 1.165) is 6.42 Å². The first-order valence-corrected chi connectivity index (χ1v) is 6.55. The standard InChI is InChI=1S/C11H18N8O2/c1-12-9-16-10(14-3-2-5-21-6-4-20)18-11(17-9)19-8-13-7-15-19/h7-8,20H,2-6H2,1H3,(H2,12,14,16,17,18). The van der Waals surface area contributed by atoms with Crippen molar-refractivity contribution in [1.29, 1.82) is 0 Å².